The summed E-state index contributed by atoms with van der Waals surface area (Å²) in [7, 11) is 1.85. The van der Waals surface area contributed by atoms with E-state index in [0.29, 0.717) is 60.5 Å². The third-order valence-corrected chi connectivity index (χ3v) is 6.10. The summed E-state index contributed by atoms with van der Waals surface area (Å²) in [6, 6.07) is 10.9. The van der Waals surface area contributed by atoms with Gasteiger partial charge in [-0.05, 0) is 50.1 Å². The van der Waals surface area contributed by atoms with Crippen molar-refractivity contribution in [3.05, 3.63) is 66.6 Å². The van der Waals surface area contributed by atoms with Crippen molar-refractivity contribution >= 4 is 29.1 Å². The number of hydrogen-bond acceptors (Lipinski definition) is 7. The molecule has 4 heterocycles. The van der Waals surface area contributed by atoms with Crippen LogP contribution in [0.4, 0.5) is 11.4 Å². The van der Waals surface area contributed by atoms with Crippen LogP contribution in [0.5, 0.6) is 5.88 Å². The number of aryl methyl sites for hydroxylation is 2. The summed E-state index contributed by atoms with van der Waals surface area (Å²) < 4.78 is 7.89. The molecule has 3 aromatic rings. The molecule has 0 spiro atoms. The number of hydrogen-bond donors (Lipinski definition) is 2. The zero-order valence-electron chi connectivity index (χ0n) is 20.2. The van der Waals surface area contributed by atoms with Crippen LogP contribution in [0.3, 0.4) is 0 Å². The van der Waals surface area contributed by atoms with Gasteiger partial charge in [-0.25, -0.2) is 4.98 Å². The predicted molar refractivity (Wildman–Crippen MR) is 137 cm³/mol. The van der Waals surface area contributed by atoms with Crippen LogP contribution in [0.15, 0.2) is 60.4 Å². The van der Waals surface area contributed by atoms with E-state index >= 15 is 0 Å². The summed E-state index contributed by atoms with van der Waals surface area (Å²) in [6.45, 7) is 6.23. The first kappa shape index (κ1) is 23.3. The highest BCUT2D eigenvalue weighted by atomic mass is 16.5. The van der Waals surface area contributed by atoms with Crippen LogP contribution in [0.1, 0.15) is 28.9 Å². The second kappa shape index (κ2) is 9.65. The Hall–Kier alpha value is -4.47. The van der Waals surface area contributed by atoms with E-state index in [-0.39, 0.29) is 11.9 Å². The van der Waals surface area contributed by atoms with Crippen molar-refractivity contribution in [2.75, 3.05) is 23.4 Å². The number of aromatic nitrogens is 3. The number of amides is 2. The Kier molecular flexibility index (Phi) is 6.24. The quantitative estimate of drug-likeness (QED) is 0.536. The van der Waals surface area contributed by atoms with Gasteiger partial charge in [-0.3, -0.25) is 14.6 Å². The van der Waals surface area contributed by atoms with E-state index in [4.69, 9.17) is 4.74 Å². The van der Waals surface area contributed by atoms with E-state index in [0.717, 1.165) is 11.4 Å². The normalized spacial score (nSPS) is 18.7. The number of rotatable bonds is 2. The van der Waals surface area contributed by atoms with Gasteiger partial charge in [0.2, 0.25) is 17.7 Å². The van der Waals surface area contributed by atoms with Gasteiger partial charge >= 0.3 is 0 Å². The molecule has 10 nitrogen and oxygen atoms in total. The lowest BCUT2D eigenvalue weighted by molar-refractivity contribution is -0.117. The zero-order chi connectivity index (χ0) is 25.2. The molecule has 184 valence electrons. The first-order valence-corrected chi connectivity index (χ1v) is 11.8. The molecular formula is C26H27N7O3. The molecule has 0 radical (unpaired) electrons. The SMILES string of the molecule is C=CC(=O)NC1CCCOc2c(ncn2C)-c2cc(cc(C)n2)C(=O)/N=C2\Nc3ccccc3N2C1. The highest BCUT2D eigenvalue weighted by Gasteiger charge is 2.29. The lowest BCUT2D eigenvalue weighted by atomic mass is 10.1. The van der Waals surface area contributed by atoms with Crippen molar-refractivity contribution in [3.63, 3.8) is 0 Å². The van der Waals surface area contributed by atoms with Gasteiger partial charge in [-0.2, -0.15) is 4.99 Å². The van der Waals surface area contributed by atoms with E-state index in [1.807, 2.05) is 43.1 Å². The van der Waals surface area contributed by atoms with Gasteiger partial charge in [0, 0.05) is 30.9 Å². The van der Waals surface area contributed by atoms with Crippen LogP contribution >= 0.6 is 0 Å². The maximum Gasteiger partial charge on any atom is 0.280 e. The number of fused-ring (bicyclic) bond motifs is 7. The van der Waals surface area contributed by atoms with Crippen molar-refractivity contribution < 1.29 is 14.3 Å². The summed E-state index contributed by atoms with van der Waals surface area (Å²) in [5.74, 6) is 0.289. The molecule has 10 heteroatoms. The molecule has 2 aromatic heterocycles. The highest BCUT2D eigenvalue weighted by molar-refractivity contribution is 6.19. The molecule has 2 bridgehead atoms. The molecular weight excluding hydrogens is 458 g/mol. The smallest absolute Gasteiger partial charge is 0.280 e. The number of nitrogens with zero attached hydrogens (tertiary/aromatic N) is 5. The van der Waals surface area contributed by atoms with E-state index < -0.39 is 5.91 Å². The van der Waals surface area contributed by atoms with Gasteiger partial charge < -0.3 is 24.8 Å². The first-order valence-electron chi connectivity index (χ1n) is 11.8. The van der Waals surface area contributed by atoms with Crippen LogP contribution in [-0.2, 0) is 11.8 Å². The van der Waals surface area contributed by atoms with Crippen LogP contribution in [0.25, 0.3) is 11.4 Å². The Labute approximate surface area is 208 Å². The molecule has 2 amide bonds. The number of carbonyl (C=O) groups is 2. The number of imidazole rings is 1. The lowest BCUT2D eigenvalue weighted by Gasteiger charge is -2.26. The maximum atomic E-state index is 13.4. The van der Waals surface area contributed by atoms with Gasteiger partial charge in [0.15, 0.2) is 5.69 Å². The van der Waals surface area contributed by atoms with E-state index in [1.54, 1.807) is 23.0 Å². The fourth-order valence-electron chi connectivity index (χ4n) is 4.42. The van der Waals surface area contributed by atoms with E-state index in [9.17, 15) is 9.59 Å². The minimum absolute atomic E-state index is 0.242. The number of guanidine groups is 1. The molecule has 0 fully saturated rings. The Bertz CT molecular complexity index is 1380. The van der Waals surface area contributed by atoms with Crippen LogP contribution < -0.4 is 20.3 Å². The first-order chi connectivity index (χ1) is 17.4. The molecule has 1 unspecified atom stereocenters. The molecule has 0 saturated carbocycles. The van der Waals surface area contributed by atoms with E-state index in [1.165, 1.54) is 6.08 Å². The molecule has 0 aliphatic carbocycles. The van der Waals surface area contributed by atoms with Crippen LogP contribution in [-0.4, -0.2) is 51.5 Å². The van der Waals surface area contributed by atoms with Crippen LogP contribution in [0.2, 0.25) is 0 Å². The summed E-state index contributed by atoms with van der Waals surface area (Å²) >= 11 is 0. The Balaban J connectivity index is 1.59. The third-order valence-electron chi connectivity index (χ3n) is 6.10. The van der Waals surface area contributed by atoms with Gasteiger partial charge in [0.1, 0.15) is 0 Å². The average molecular weight is 486 g/mol. The molecule has 5 rings (SSSR count). The monoisotopic (exact) mass is 485 g/mol. The summed E-state index contributed by atoms with van der Waals surface area (Å²) in [5.41, 5.74) is 3.88. The Morgan fingerprint density at radius 1 is 1.31 bits per heavy atom. The van der Waals surface area contributed by atoms with Crippen molar-refractivity contribution in [3.8, 4) is 17.3 Å². The Morgan fingerprint density at radius 3 is 2.97 bits per heavy atom. The van der Waals surface area contributed by atoms with Crippen molar-refractivity contribution in [2.45, 2.75) is 25.8 Å². The number of ether oxygens (including phenoxy) is 1. The minimum atomic E-state index is -0.415. The lowest BCUT2D eigenvalue weighted by Crippen LogP contribution is -2.45. The number of para-hydroxylation sites is 2. The third kappa shape index (κ3) is 4.57. The van der Waals surface area contributed by atoms with Crippen molar-refractivity contribution in [1.82, 2.24) is 19.9 Å². The standard InChI is InChI=1S/C26H27N7O3/c1-4-22(34)29-18-8-7-11-36-25-23(27-15-32(25)3)20-13-17(12-16(2)28-20)24(35)31-26-30-19-9-5-6-10-21(19)33(26)14-18/h4-6,9-10,12-13,15,18H,1,7-8,11,14H2,2-3H3,(H,29,34)(H,30,31,35). The molecule has 2 N–H and O–H groups in total. The van der Waals surface area contributed by atoms with Crippen LogP contribution in [0, 0.1) is 6.92 Å². The molecule has 1 atom stereocenters. The predicted octanol–water partition coefficient (Wildman–Crippen LogP) is 3.06. The summed E-state index contributed by atoms with van der Waals surface area (Å²) in [4.78, 5) is 41.0. The van der Waals surface area contributed by atoms with E-state index in [2.05, 4.69) is 32.2 Å². The van der Waals surface area contributed by atoms with Gasteiger partial charge in [0.25, 0.3) is 5.91 Å². The second-order valence-corrected chi connectivity index (χ2v) is 8.79. The zero-order valence-corrected chi connectivity index (χ0v) is 20.2. The number of carbonyl (C=O) groups excluding carboxylic acids is 2. The number of nitrogens with one attached hydrogen (secondary N) is 2. The maximum absolute atomic E-state index is 13.4. The minimum Gasteiger partial charge on any atom is -0.477 e. The van der Waals surface area contributed by atoms with Gasteiger partial charge in [0.05, 0.1) is 30.0 Å². The average Bonchev–Trinajstić information content (AvgIpc) is 3.40. The fraction of sp³-hybridized carbons (Fsp3) is 0.269. The molecule has 2 aliphatic heterocycles. The summed E-state index contributed by atoms with van der Waals surface area (Å²) in [6.07, 6.45) is 4.22. The summed E-state index contributed by atoms with van der Waals surface area (Å²) in [5, 5.41) is 6.26. The highest BCUT2D eigenvalue weighted by Crippen LogP contribution is 2.33. The number of benzene rings is 1. The molecule has 36 heavy (non-hydrogen) atoms. The Morgan fingerprint density at radius 2 is 2.14 bits per heavy atom. The second-order valence-electron chi connectivity index (χ2n) is 8.79. The van der Waals surface area contributed by atoms with Gasteiger partial charge in [-0.1, -0.05) is 18.7 Å². The molecule has 1 aromatic carbocycles. The number of anilines is 2. The van der Waals surface area contributed by atoms with Gasteiger partial charge in [-0.15, -0.1) is 0 Å². The number of aliphatic imine (C=N–C) groups is 1. The largest absolute Gasteiger partial charge is 0.477 e. The number of pyridine rings is 1. The van der Waals surface area contributed by atoms with Crippen molar-refractivity contribution in [1.29, 1.82) is 0 Å². The fourth-order valence-corrected chi connectivity index (χ4v) is 4.42. The molecule has 0 saturated heterocycles. The van der Waals surface area contributed by atoms with Crippen molar-refractivity contribution in [2.24, 2.45) is 12.0 Å². The topological polar surface area (TPSA) is 114 Å². The molecule has 2 aliphatic rings.